The Morgan fingerprint density at radius 3 is 2.87 bits per heavy atom. The SMILES string of the molecule is COC(=O)[C@@H](C)Sc1nc(C)cc(=O)[nH]1. The first kappa shape index (κ1) is 11.8. The molecule has 0 aliphatic rings. The molecule has 0 unspecified atom stereocenters. The highest BCUT2D eigenvalue weighted by Gasteiger charge is 2.15. The van der Waals surface area contributed by atoms with Crippen LogP contribution in [0.2, 0.25) is 0 Å². The van der Waals surface area contributed by atoms with E-state index in [1.807, 2.05) is 0 Å². The van der Waals surface area contributed by atoms with Crippen molar-refractivity contribution >= 4 is 17.7 Å². The molecule has 0 saturated carbocycles. The molecule has 0 spiro atoms. The van der Waals surface area contributed by atoms with Crippen LogP contribution in [0.4, 0.5) is 0 Å². The van der Waals surface area contributed by atoms with E-state index in [0.29, 0.717) is 10.9 Å². The lowest BCUT2D eigenvalue weighted by atomic mass is 10.5. The Balaban J connectivity index is 2.81. The topological polar surface area (TPSA) is 72.0 Å². The van der Waals surface area contributed by atoms with E-state index in [4.69, 9.17) is 0 Å². The molecule has 0 bridgehead atoms. The predicted molar refractivity (Wildman–Crippen MR) is 56.9 cm³/mol. The van der Waals surface area contributed by atoms with Crippen molar-refractivity contribution in [2.24, 2.45) is 0 Å². The summed E-state index contributed by atoms with van der Waals surface area (Å²) in [5.74, 6) is -0.343. The fourth-order valence-electron chi connectivity index (χ4n) is 0.989. The van der Waals surface area contributed by atoms with E-state index < -0.39 is 0 Å². The normalized spacial score (nSPS) is 12.2. The van der Waals surface area contributed by atoms with Crippen LogP contribution >= 0.6 is 11.8 Å². The number of carbonyl (C=O) groups excluding carboxylic acids is 1. The average molecular weight is 228 g/mol. The lowest BCUT2D eigenvalue weighted by molar-refractivity contribution is -0.139. The van der Waals surface area contributed by atoms with E-state index in [1.54, 1.807) is 13.8 Å². The summed E-state index contributed by atoms with van der Waals surface area (Å²) in [5, 5.41) is 0.0397. The number of ether oxygens (including phenoxy) is 1. The molecular weight excluding hydrogens is 216 g/mol. The van der Waals surface area contributed by atoms with Crippen LogP contribution in [0.1, 0.15) is 12.6 Å². The smallest absolute Gasteiger partial charge is 0.318 e. The minimum atomic E-state index is -0.389. The molecule has 0 amide bonds. The van der Waals surface area contributed by atoms with Gasteiger partial charge in [-0.1, -0.05) is 11.8 Å². The van der Waals surface area contributed by atoms with Gasteiger partial charge in [0.25, 0.3) is 5.56 Å². The minimum absolute atomic E-state index is 0.220. The van der Waals surface area contributed by atoms with E-state index in [2.05, 4.69) is 14.7 Å². The lowest BCUT2D eigenvalue weighted by Crippen LogP contribution is -2.17. The zero-order chi connectivity index (χ0) is 11.4. The van der Waals surface area contributed by atoms with E-state index >= 15 is 0 Å². The molecule has 6 heteroatoms. The number of nitrogens with zero attached hydrogens (tertiary/aromatic N) is 1. The number of hydrogen-bond acceptors (Lipinski definition) is 5. The summed E-state index contributed by atoms with van der Waals surface area (Å²) < 4.78 is 4.57. The van der Waals surface area contributed by atoms with Crippen LogP contribution < -0.4 is 5.56 Å². The summed E-state index contributed by atoms with van der Waals surface area (Å²) in [6.07, 6.45) is 0. The number of aromatic amines is 1. The van der Waals surface area contributed by atoms with Gasteiger partial charge in [0.15, 0.2) is 5.16 Å². The van der Waals surface area contributed by atoms with Crippen molar-refractivity contribution in [1.29, 1.82) is 0 Å². The van der Waals surface area contributed by atoms with Gasteiger partial charge in [0.05, 0.1) is 7.11 Å². The fraction of sp³-hybridized carbons (Fsp3) is 0.444. The molecule has 0 fully saturated rings. The molecule has 0 radical (unpaired) electrons. The summed E-state index contributed by atoms with van der Waals surface area (Å²) in [4.78, 5) is 28.9. The monoisotopic (exact) mass is 228 g/mol. The molecule has 1 atom stereocenters. The first-order valence-corrected chi connectivity index (χ1v) is 5.23. The molecular formula is C9H12N2O3S. The van der Waals surface area contributed by atoms with Crippen LogP contribution in [0.5, 0.6) is 0 Å². The maximum absolute atomic E-state index is 11.1. The Morgan fingerprint density at radius 2 is 2.33 bits per heavy atom. The first-order chi connectivity index (χ1) is 7.02. The number of methoxy groups -OCH3 is 1. The van der Waals surface area contributed by atoms with Crippen LogP contribution in [-0.2, 0) is 9.53 Å². The van der Waals surface area contributed by atoms with Crippen molar-refractivity contribution < 1.29 is 9.53 Å². The third kappa shape index (κ3) is 3.39. The summed E-state index contributed by atoms with van der Waals surface area (Å²) in [6, 6.07) is 1.40. The van der Waals surface area contributed by atoms with Crippen molar-refractivity contribution in [3.05, 3.63) is 22.1 Å². The second-order valence-corrected chi connectivity index (χ2v) is 4.30. The van der Waals surface area contributed by atoms with Crippen molar-refractivity contribution in [3.8, 4) is 0 Å². The molecule has 1 aromatic heterocycles. The summed E-state index contributed by atoms with van der Waals surface area (Å²) in [7, 11) is 1.33. The van der Waals surface area contributed by atoms with Crippen LogP contribution in [0.15, 0.2) is 16.0 Å². The molecule has 1 heterocycles. The van der Waals surface area contributed by atoms with Crippen molar-refractivity contribution in [1.82, 2.24) is 9.97 Å². The van der Waals surface area contributed by atoms with E-state index in [0.717, 1.165) is 11.8 Å². The average Bonchev–Trinajstić information content (AvgIpc) is 2.14. The molecule has 1 rings (SSSR count). The maximum atomic E-state index is 11.1. The highest BCUT2D eigenvalue weighted by atomic mass is 32.2. The van der Waals surface area contributed by atoms with Gasteiger partial charge < -0.3 is 9.72 Å². The molecule has 0 saturated heterocycles. The number of esters is 1. The Kier molecular flexibility index (Phi) is 3.90. The van der Waals surface area contributed by atoms with Gasteiger partial charge in [0.2, 0.25) is 0 Å². The Morgan fingerprint density at radius 1 is 1.67 bits per heavy atom. The van der Waals surface area contributed by atoms with Crippen molar-refractivity contribution in [2.45, 2.75) is 24.3 Å². The Labute approximate surface area is 91.3 Å². The Bertz CT molecular complexity index is 416. The molecule has 1 aromatic rings. The fourth-order valence-corrected chi connectivity index (χ4v) is 1.87. The summed E-state index contributed by atoms with van der Waals surface area (Å²) in [5.41, 5.74) is 0.403. The molecule has 1 N–H and O–H groups in total. The van der Waals surface area contributed by atoms with Crippen LogP contribution in [0.3, 0.4) is 0 Å². The van der Waals surface area contributed by atoms with Gasteiger partial charge in [-0.2, -0.15) is 0 Å². The summed E-state index contributed by atoms with van der Waals surface area (Å²) in [6.45, 7) is 3.42. The number of hydrogen-bond donors (Lipinski definition) is 1. The molecule has 15 heavy (non-hydrogen) atoms. The molecule has 0 aliphatic carbocycles. The standard InChI is InChI=1S/C9H12N2O3S/c1-5-4-7(12)11-9(10-5)15-6(2)8(13)14-3/h4,6H,1-3H3,(H,10,11,12)/t6-/m1/s1. The van der Waals surface area contributed by atoms with E-state index in [9.17, 15) is 9.59 Å². The number of carbonyl (C=O) groups is 1. The number of aryl methyl sites for hydroxylation is 1. The third-order valence-electron chi connectivity index (χ3n) is 1.67. The second kappa shape index (κ2) is 4.97. The summed E-state index contributed by atoms with van der Waals surface area (Å²) >= 11 is 1.16. The molecule has 0 aliphatic heterocycles. The minimum Gasteiger partial charge on any atom is -0.468 e. The first-order valence-electron chi connectivity index (χ1n) is 4.35. The predicted octanol–water partition coefficient (Wildman–Crippen LogP) is 0.732. The second-order valence-electron chi connectivity index (χ2n) is 2.98. The molecule has 5 nitrogen and oxygen atoms in total. The van der Waals surface area contributed by atoms with Gasteiger partial charge in [-0.25, -0.2) is 4.98 Å². The van der Waals surface area contributed by atoms with E-state index in [-0.39, 0.29) is 16.8 Å². The molecule has 0 aromatic carbocycles. The number of rotatable bonds is 3. The van der Waals surface area contributed by atoms with Crippen LogP contribution in [-0.4, -0.2) is 28.3 Å². The van der Waals surface area contributed by atoms with Crippen LogP contribution in [0, 0.1) is 6.92 Å². The van der Waals surface area contributed by atoms with Gasteiger partial charge in [-0.05, 0) is 13.8 Å². The highest BCUT2D eigenvalue weighted by Crippen LogP contribution is 2.18. The van der Waals surface area contributed by atoms with Gasteiger partial charge >= 0.3 is 5.97 Å². The maximum Gasteiger partial charge on any atom is 0.318 e. The van der Waals surface area contributed by atoms with Crippen molar-refractivity contribution in [2.75, 3.05) is 7.11 Å². The lowest BCUT2D eigenvalue weighted by Gasteiger charge is -2.07. The zero-order valence-corrected chi connectivity index (χ0v) is 9.55. The zero-order valence-electron chi connectivity index (χ0n) is 8.73. The van der Waals surface area contributed by atoms with Crippen molar-refractivity contribution in [3.63, 3.8) is 0 Å². The number of thioether (sulfide) groups is 1. The largest absolute Gasteiger partial charge is 0.468 e. The van der Waals surface area contributed by atoms with Gasteiger partial charge in [0.1, 0.15) is 5.25 Å². The Hall–Kier alpha value is -1.30. The highest BCUT2D eigenvalue weighted by molar-refractivity contribution is 8.00. The quantitative estimate of drug-likeness (QED) is 0.469. The van der Waals surface area contributed by atoms with E-state index in [1.165, 1.54) is 13.2 Å². The number of aromatic nitrogens is 2. The number of nitrogens with one attached hydrogen (secondary N) is 1. The van der Waals surface area contributed by atoms with Gasteiger partial charge in [0, 0.05) is 11.8 Å². The van der Waals surface area contributed by atoms with Crippen LogP contribution in [0.25, 0.3) is 0 Å². The molecule has 82 valence electrons. The number of H-pyrrole nitrogens is 1. The van der Waals surface area contributed by atoms with Gasteiger partial charge in [-0.3, -0.25) is 9.59 Å². The van der Waals surface area contributed by atoms with Gasteiger partial charge in [-0.15, -0.1) is 0 Å². The third-order valence-corrected chi connectivity index (χ3v) is 2.63.